The zero-order valence-electron chi connectivity index (χ0n) is 9.31. The first-order valence-corrected chi connectivity index (χ1v) is 5.39. The molecule has 2 atom stereocenters. The van der Waals surface area contributed by atoms with Crippen LogP contribution in [0.3, 0.4) is 0 Å². The van der Waals surface area contributed by atoms with Crippen molar-refractivity contribution in [1.82, 2.24) is 0 Å². The van der Waals surface area contributed by atoms with Crippen molar-refractivity contribution in [2.75, 3.05) is 0 Å². The van der Waals surface area contributed by atoms with E-state index in [-0.39, 0.29) is 6.04 Å². The van der Waals surface area contributed by atoms with Gasteiger partial charge in [0.2, 0.25) is 6.08 Å². The molecule has 1 rings (SSSR count). The fourth-order valence-corrected chi connectivity index (χ4v) is 1.55. The third kappa shape index (κ3) is 3.69. The average molecular weight is 203 g/mol. The molecule has 1 aromatic carbocycles. The molecule has 0 aliphatic heterocycles. The molecule has 0 spiro atoms. The molecule has 0 aliphatic rings. The normalized spacial score (nSPS) is 14.0. The molecule has 2 nitrogen and oxygen atoms in total. The van der Waals surface area contributed by atoms with Gasteiger partial charge in [-0.3, -0.25) is 0 Å². The largest absolute Gasteiger partial charge is 0.235 e. The highest BCUT2D eigenvalue weighted by Crippen LogP contribution is 2.25. The van der Waals surface area contributed by atoms with Crippen molar-refractivity contribution in [3.05, 3.63) is 35.9 Å². The lowest BCUT2D eigenvalue weighted by Crippen LogP contribution is -2.02. The lowest BCUT2D eigenvalue weighted by Gasteiger charge is -2.15. The topological polar surface area (TPSA) is 29.4 Å². The summed E-state index contributed by atoms with van der Waals surface area (Å²) in [6, 6.07) is 9.90. The lowest BCUT2D eigenvalue weighted by molar-refractivity contribution is 0.459. The van der Waals surface area contributed by atoms with Gasteiger partial charge in [0.25, 0.3) is 0 Å². The summed E-state index contributed by atoms with van der Waals surface area (Å²) in [6.45, 7) is 4.33. The maximum absolute atomic E-state index is 10.4. The molecular weight excluding hydrogens is 186 g/mol. The van der Waals surface area contributed by atoms with Crippen LogP contribution in [0.4, 0.5) is 0 Å². The quantitative estimate of drug-likeness (QED) is 0.532. The summed E-state index contributed by atoms with van der Waals surface area (Å²) in [5.41, 5.74) is 1.10. The smallest absolute Gasteiger partial charge is 0.211 e. The fraction of sp³-hybridized carbons (Fsp3) is 0.462. The molecule has 0 saturated heterocycles. The van der Waals surface area contributed by atoms with E-state index in [1.807, 2.05) is 30.3 Å². The van der Waals surface area contributed by atoms with Crippen LogP contribution in [0, 0.1) is 5.92 Å². The minimum Gasteiger partial charge on any atom is -0.211 e. The summed E-state index contributed by atoms with van der Waals surface area (Å²) in [6.07, 6.45) is 3.69. The molecule has 0 aliphatic carbocycles. The van der Waals surface area contributed by atoms with Gasteiger partial charge >= 0.3 is 0 Å². The monoisotopic (exact) mass is 203 g/mol. The maximum Gasteiger partial charge on any atom is 0.235 e. The molecule has 0 amide bonds. The molecule has 0 saturated carbocycles. The molecule has 0 bridgehead atoms. The third-order valence-corrected chi connectivity index (χ3v) is 2.72. The van der Waals surface area contributed by atoms with Gasteiger partial charge in [0.15, 0.2) is 0 Å². The van der Waals surface area contributed by atoms with Crippen molar-refractivity contribution in [2.45, 2.75) is 32.7 Å². The maximum atomic E-state index is 10.4. The van der Waals surface area contributed by atoms with Crippen molar-refractivity contribution in [2.24, 2.45) is 10.9 Å². The van der Waals surface area contributed by atoms with E-state index in [0.717, 1.165) is 18.4 Å². The van der Waals surface area contributed by atoms with Crippen molar-refractivity contribution in [3.8, 4) is 0 Å². The van der Waals surface area contributed by atoms with Gasteiger partial charge in [-0.15, -0.1) is 0 Å². The van der Waals surface area contributed by atoms with E-state index in [9.17, 15) is 4.79 Å². The highest BCUT2D eigenvalue weighted by atomic mass is 16.1. The molecule has 80 valence electrons. The number of benzene rings is 1. The van der Waals surface area contributed by atoms with E-state index in [1.165, 1.54) is 0 Å². The molecule has 0 aromatic heterocycles. The van der Waals surface area contributed by atoms with Crippen LogP contribution in [0.1, 0.15) is 38.3 Å². The molecule has 0 N–H and O–H groups in total. The number of isocyanates is 1. The van der Waals surface area contributed by atoms with Crippen LogP contribution < -0.4 is 0 Å². The van der Waals surface area contributed by atoms with Crippen LogP contribution in [0.15, 0.2) is 35.3 Å². The molecule has 2 unspecified atom stereocenters. The van der Waals surface area contributed by atoms with E-state index in [1.54, 1.807) is 6.08 Å². The second kappa shape index (κ2) is 6.15. The summed E-state index contributed by atoms with van der Waals surface area (Å²) in [5.74, 6) is 0.576. The van der Waals surface area contributed by atoms with Gasteiger partial charge in [0.05, 0.1) is 6.04 Å². The minimum atomic E-state index is -0.0290. The zero-order valence-corrected chi connectivity index (χ0v) is 9.31. The van der Waals surface area contributed by atoms with Gasteiger partial charge in [-0.05, 0) is 17.9 Å². The van der Waals surface area contributed by atoms with Crippen LogP contribution in [-0.2, 0) is 4.79 Å². The van der Waals surface area contributed by atoms with Crippen LogP contribution in [0.25, 0.3) is 0 Å². The van der Waals surface area contributed by atoms with Gasteiger partial charge in [0.1, 0.15) is 0 Å². The Kier molecular flexibility index (Phi) is 4.79. The SMILES string of the molecule is CCC(C)CC(N=C=O)c1ccccc1. The van der Waals surface area contributed by atoms with Crippen molar-refractivity contribution >= 4 is 6.08 Å². The Morgan fingerprint density at radius 3 is 2.53 bits per heavy atom. The van der Waals surface area contributed by atoms with Gasteiger partial charge in [-0.2, -0.15) is 4.99 Å². The van der Waals surface area contributed by atoms with Crippen LogP contribution in [0.2, 0.25) is 0 Å². The third-order valence-electron chi connectivity index (χ3n) is 2.72. The highest BCUT2D eigenvalue weighted by molar-refractivity contribution is 5.35. The van der Waals surface area contributed by atoms with Gasteiger partial charge in [-0.1, -0.05) is 50.6 Å². The Bertz CT molecular complexity index is 328. The average Bonchev–Trinajstić information content (AvgIpc) is 2.29. The molecule has 0 heterocycles. The van der Waals surface area contributed by atoms with Gasteiger partial charge < -0.3 is 0 Å². The highest BCUT2D eigenvalue weighted by Gasteiger charge is 2.12. The first-order valence-electron chi connectivity index (χ1n) is 5.39. The number of aliphatic imine (C=N–C) groups is 1. The molecule has 15 heavy (non-hydrogen) atoms. The fourth-order valence-electron chi connectivity index (χ4n) is 1.55. The summed E-state index contributed by atoms with van der Waals surface area (Å²) >= 11 is 0. The van der Waals surface area contributed by atoms with Crippen molar-refractivity contribution in [3.63, 3.8) is 0 Å². The minimum absolute atomic E-state index is 0.0290. The molecule has 1 aromatic rings. The summed E-state index contributed by atoms with van der Waals surface area (Å²) in [7, 11) is 0. The zero-order chi connectivity index (χ0) is 11.1. The number of nitrogens with zero attached hydrogens (tertiary/aromatic N) is 1. The number of hydrogen-bond donors (Lipinski definition) is 0. The molecule has 0 radical (unpaired) electrons. The summed E-state index contributed by atoms with van der Waals surface area (Å²) < 4.78 is 0. The number of carbonyl (C=O) groups excluding carboxylic acids is 1. The van der Waals surface area contributed by atoms with E-state index < -0.39 is 0 Å². The lowest BCUT2D eigenvalue weighted by atomic mass is 9.95. The molecular formula is C13H17NO. The van der Waals surface area contributed by atoms with Gasteiger partial charge in [0, 0.05) is 0 Å². The summed E-state index contributed by atoms with van der Waals surface area (Å²) in [4.78, 5) is 14.2. The first kappa shape index (κ1) is 11.7. The van der Waals surface area contributed by atoms with Crippen molar-refractivity contribution < 1.29 is 4.79 Å². The van der Waals surface area contributed by atoms with E-state index >= 15 is 0 Å². The standard InChI is InChI=1S/C13H17NO/c1-3-11(2)9-13(14-10-15)12-7-5-4-6-8-12/h4-8,11,13H,3,9H2,1-2H3. The van der Waals surface area contributed by atoms with Crippen LogP contribution >= 0.6 is 0 Å². The van der Waals surface area contributed by atoms with Crippen molar-refractivity contribution in [1.29, 1.82) is 0 Å². The first-order chi connectivity index (χ1) is 7.27. The molecule has 2 heteroatoms. The van der Waals surface area contributed by atoms with Crippen LogP contribution in [-0.4, -0.2) is 6.08 Å². The number of rotatable bonds is 5. The number of hydrogen-bond acceptors (Lipinski definition) is 2. The predicted octanol–water partition coefficient (Wildman–Crippen LogP) is 3.50. The van der Waals surface area contributed by atoms with E-state index in [4.69, 9.17) is 0 Å². The Balaban J connectivity index is 2.79. The Morgan fingerprint density at radius 2 is 2.00 bits per heavy atom. The Labute approximate surface area is 91.0 Å². The van der Waals surface area contributed by atoms with E-state index in [2.05, 4.69) is 18.8 Å². The van der Waals surface area contributed by atoms with Gasteiger partial charge in [-0.25, -0.2) is 4.79 Å². The molecule has 0 fully saturated rings. The predicted molar refractivity (Wildman–Crippen MR) is 61.4 cm³/mol. The Hall–Kier alpha value is -1.40. The van der Waals surface area contributed by atoms with Crippen LogP contribution in [0.5, 0.6) is 0 Å². The Morgan fingerprint density at radius 1 is 1.33 bits per heavy atom. The second-order valence-electron chi connectivity index (χ2n) is 3.90. The van der Waals surface area contributed by atoms with E-state index in [0.29, 0.717) is 5.92 Å². The summed E-state index contributed by atoms with van der Waals surface area (Å²) in [5, 5.41) is 0. The second-order valence-corrected chi connectivity index (χ2v) is 3.90.